The number of carbonyl (C=O) groups excluding carboxylic acids is 1. The fourth-order valence-corrected chi connectivity index (χ4v) is 4.25. The van der Waals surface area contributed by atoms with Gasteiger partial charge in [0.05, 0.1) is 36.6 Å². The Morgan fingerprint density at radius 1 is 1.28 bits per heavy atom. The van der Waals surface area contributed by atoms with Crippen molar-refractivity contribution in [3.63, 3.8) is 0 Å². The van der Waals surface area contributed by atoms with E-state index in [0.29, 0.717) is 5.57 Å². The molecular formula is C22H21N5O2. The van der Waals surface area contributed by atoms with Crippen molar-refractivity contribution in [1.82, 2.24) is 4.90 Å². The average Bonchev–Trinajstić information content (AvgIpc) is 2.78. The molecule has 0 bridgehead atoms. The number of benzene rings is 1. The third kappa shape index (κ3) is 3.00. The summed E-state index contributed by atoms with van der Waals surface area (Å²) in [5, 5.41) is 29.6. The van der Waals surface area contributed by atoms with E-state index in [2.05, 4.69) is 13.0 Å². The van der Waals surface area contributed by atoms with Gasteiger partial charge in [0.1, 0.15) is 0 Å². The number of nitriles is 3. The summed E-state index contributed by atoms with van der Waals surface area (Å²) in [4.78, 5) is 13.6. The molecule has 1 aliphatic heterocycles. The Hall–Kier alpha value is -3.76. The van der Waals surface area contributed by atoms with Crippen molar-refractivity contribution in [2.24, 2.45) is 17.1 Å². The molecule has 29 heavy (non-hydrogen) atoms. The fourth-order valence-electron chi connectivity index (χ4n) is 4.25. The minimum atomic E-state index is -1.71. The van der Waals surface area contributed by atoms with E-state index in [0.717, 1.165) is 17.5 Å². The molecule has 0 aromatic heterocycles. The molecule has 2 aliphatic rings. The van der Waals surface area contributed by atoms with Gasteiger partial charge in [-0.15, -0.1) is 0 Å². The molecule has 0 fully saturated rings. The molecule has 146 valence electrons. The first kappa shape index (κ1) is 20.0. The minimum absolute atomic E-state index is 0.0245. The monoisotopic (exact) mass is 387 g/mol. The zero-order chi connectivity index (χ0) is 21.2. The van der Waals surface area contributed by atoms with Gasteiger partial charge in [0.25, 0.3) is 0 Å². The number of ether oxygens (including phenoxy) is 1. The molecule has 1 heterocycles. The van der Waals surface area contributed by atoms with Gasteiger partial charge in [-0.1, -0.05) is 37.3 Å². The lowest BCUT2D eigenvalue weighted by Gasteiger charge is -2.44. The van der Waals surface area contributed by atoms with Gasteiger partial charge >= 0.3 is 6.09 Å². The van der Waals surface area contributed by atoms with Crippen LogP contribution in [0.4, 0.5) is 4.79 Å². The summed E-state index contributed by atoms with van der Waals surface area (Å²) in [5.41, 5.74) is 7.28. The number of rotatable bonds is 2. The van der Waals surface area contributed by atoms with Gasteiger partial charge in [-0.05, 0) is 23.1 Å². The van der Waals surface area contributed by atoms with Crippen LogP contribution in [0, 0.1) is 45.3 Å². The Balaban J connectivity index is 2.24. The Kier molecular flexibility index (Phi) is 5.31. The van der Waals surface area contributed by atoms with Crippen LogP contribution in [0.3, 0.4) is 0 Å². The first-order chi connectivity index (χ1) is 14.0. The predicted octanol–water partition coefficient (Wildman–Crippen LogP) is 2.74. The van der Waals surface area contributed by atoms with Gasteiger partial charge in [0, 0.05) is 24.9 Å². The summed E-state index contributed by atoms with van der Waals surface area (Å²) < 4.78 is 4.85. The topological polar surface area (TPSA) is 127 Å². The number of nitrogens with zero attached hydrogens (tertiary/aromatic N) is 4. The van der Waals surface area contributed by atoms with E-state index in [9.17, 15) is 20.6 Å². The molecule has 0 unspecified atom stereocenters. The highest BCUT2D eigenvalue weighted by atomic mass is 16.5. The number of methoxy groups -OCH3 is 1. The highest BCUT2D eigenvalue weighted by Gasteiger charge is 2.53. The van der Waals surface area contributed by atoms with Gasteiger partial charge < -0.3 is 15.4 Å². The van der Waals surface area contributed by atoms with Gasteiger partial charge in [0.2, 0.25) is 5.41 Å². The van der Waals surface area contributed by atoms with Gasteiger partial charge in [-0.3, -0.25) is 0 Å². The molecule has 2 atom stereocenters. The molecule has 3 rings (SSSR count). The predicted molar refractivity (Wildman–Crippen MR) is 105 cm³/mol. The summed E-state index contributed by atoms with van der Waals surface area (Å²) in [6.45, 7) is 2.49. The highest BCUT2D eigenvalue weighted by molar-refractivity contribution is 5.69. The molecule has 0 spiro atoms. The van der Waals surface area contributed by atoms with Crippen LogP contribution in [-0.4, -0.2) is 31.2 Å². The number of allylic oxidation sites excluding steroid dienone is 2. The van der Waals surface area contributed by atoms with Gasteiger partial charge in [0.15, 0.2) is 0 Å². The van der Waals surface area contributed by atoms with Crippen LogP contribution in [0.2, 0.25) is 0 Å². The van der Waals surface area contributed by atoms with Crippen molar-refractivity contribution in [3.05, 3.63) is 58.3 Å². The van der Waals surface area contributed by atoms with Crippen molar-refractivity contribution < 1.29 is 9.53 Å². The second-order valence-electron chi connectivity index (χ2n) is 7.13. The van der Waals surface area contributed by atoms with E-state index in [1.165, 1.54) is 12.0 Å². The zero-order valence-corrected chi connectivity index (χ0v) is 16.3. The van der Waals surface area contributed by atoms with Crippen molar-refractivity contribution in [2.45, 2.75) is 19.3 Å². The first-order valence-corrected chi connectivity index (χ1v) is 9.32. The summed E-state index contributed by atoms with van der Waals surface area (Å²) in [5.74, 6) is -0.893. The number of hydrogen-bond acceptors (Lipinski definition) is 6. The molecule has 1 aromatic rings. The molecule has 1 amide bonds. The van der Waals surface area contributed by atoms with Crippen LogP contribution in [-0.2, 0) is 11.2 Å². The quantitative estimate of drug-likeness (QED) is 0.777. The molecule has 7 nitrogen and oxygen atoms in total. The van der Waals surface area contributed by atoms with Crippen molar-refractivity contribution in [3.8, 4) is 18.2 Å². The summed E-state index contributed by atoms with van der Waals surface area (Å²) in [6, 6.07) is 14.0. The standard InChI is InChI=1S/C22H21N5O2/c1-3-14-4-6-15(7-5-14)19-16(10-23)20(26)22(12-24,13-25)18-8-9-27(11-17(18)19)21(28)29-2/h4-8,17,19H,3,9,11,26H2,1-2H3/t17-,19-/m1/s1. The SMILES string of the molecule is CCc1ccc([C@@H]2C(C#N)=C(N)C(C#N)(C#N)C3=CCN(C(=O)OC)C[C@H]32)cc1. The van der Waals surface area contributed by atoms with E-state index in [1.54, 1.807) is 6.08 Å². The number of carbonyl (C=O) groups is 1. The number of fused-ring (bicyclic) bond motifs is 1. The number of aryl methyl sites for hydroxylation is 1. The average molecular weight is 387 g/mol. The summed E-state index contributed by atoms with van der Waals surface area (Å²) in [6.07, 6.45) is 2.08. The maximum atomic E-state index is 12.1. The number of amides is 1. The van der Waals surface area contributed by atoms with Crippen molar-refractivity contribution in [2.75, 3.05) is 20.2 Å². The Morgan fingerprint density at radius 3 is 2.45 bits per heavy atom. The fraction of sp³-hybridized carbons (Fsp3) is 0.364. The lowest BCUT2D eigenvalue weighted by molar-refractivity contribution is 0.117. The maximum Gasteiger partial charge on any atom is 0.409 e. The van der Waals surface area contributed by atoms with Gasteiger partial charge in [-0.2, -0.15) is 15.8 Å². The third-order valence-electron chi connectivity index (χ3n) is 5.82. The second kappa shape index (κ2) is 7.70. The third-order valence-corrected chi connectivity index (χ3v) is 5.82. The molecule has 0 saturated carbocycles. The number of hydrogen-bond donors (Lipinski definition) is 1. The first-order valence-electron chi connectivity index (χ1n) is 9.32. The molecule has 2 N–H and O–H groups in total. The zero-order valence-electron chi connectivity index (χ0n) is 16.3. The van der Waals surface area contributed by atoms with Crippen LogP contribution < -0.4 is 5.73 Å². The Labute approximate surface area is 169 Å². The highest BCUT2D eigenvalue weighted by Crippen LogP contribution is 2.52. The smallest absolute Gasteiger partial charge is 0.409 e. The van der Waals surface area contributed by atoms with Gasteiger partial charge in [-0.25, -0.2) is 4.79 Å². The Bertz CT molecular complexity index is 1000. The van der Waals surface area contributed by atoms with Crippen LogP contribution in [0.15, 0.2) is 47.2 Å². The second-order valence-corrected chi connectivity index (χ2v) is 7.13. The van der Waals surface area contributed by atoms with Crippen molar-refractivity contribution >= 4 is 6.09 Å². The van der Waals surface area contributed by atoms with Crippen molar-refractivity contribution in [1.29, 1.82) is 15.8 Å². The summed E-state index contributed by atoms with van der Waals surface area (Å²) in [7, 11) is 1.30. The maximum absolute atomic E-state index is 12.1. The number of nitrogens with two attached hydrogens (primary N) is 1. The van der Waals surface area contributed by atoms with Crippen LogP contribution in [0.1, 0.15) is 24.0 Å². The molecular weight excluding hydrogens is 366 g/mol. The van der Waals surface area contributed by atoms with E-state index >= 15 is 0 Å². The van der Waals surface area contributed by atoms with Crippen LogP contribution >= 0.6 is 0 Å². The van der Waals surface area contributed by atoms with E-state index < -0.39 is 23.3 Å². The molecule has 7 heteroatoms. The lowest BCUT2D eigenvalue weighted by Crippen LogP contribution is -2.48. The Morgan fingerprint density at radius 2 is 1.93 bits per heavy atom. The van der Waals surface area contributed by atoms with Crippen LogP contribution in [0.25, 0.3) is 0 Å². The van der Waals surface area contributed by atoms with E-state index in [1.807, 2.05) is 36.4 Å². The van der Waals surface area contributed by atoms with E-state index in [4.69, 9.17) is 10.5 Å². The minimum Gasteiger partial charge on any atom is -0.453 e. The lowest BCUT2D eigenvalue weighted by atomic mass is 9.60. The summed E-state index contributed by atoms with van der Waals surface area (Å²) >= 11 is 0. The van der Waals surface area contributed by atoms with E-state index in [-0.39, 0.29) is 24.4 Å². The molecule has 1 aliphatic carbocycles. The molecule has 0 saturated heterocycles. The normalized spacial score (nSPS) is 22.4. The van der Waals surface area contributed by atoms with Crippen LogP contribution in [0.5, 0.6) is 0 Å². The molecule has 1 aromatic carbocycles. The molecule has 0 radical (unpaired) electrons. The largest absolute Gasteiger partial charge is 0.453 e.